The maximum atomic E-state index is 10.5. The summed E-state index contributed by atoms with van der Waals surface area (Å²) in [5.74, 6) is 1.34. The van der Waals surface area contributed by atoms with Crippen LogP contribution in [0.1, 0.15) is 19.7 Å². The van der Waals surface area contributed by atoms with E-state index < -0.39 is 0 Å². The Bertz CT molecular complexity index is 798. The van der Waals surface area contributed by atoms with Gasteiger partial charge in [-0.25, -0.2) is 4.98 Å². The van der Waals surface area contributed by atoms with Crippen molar-refractivity contribution in [3.05, 3.63) is 42.4 Å². The van der Waals surface area contributed by atoms with Crippen molar-refractivity contribution in [3.8, 4) is 11.3 Å². The third-order valence-electron chi connectivity index (χ3n) is 4.68. The number of hydrogen-bond donors (Lipinski definition) is 2. The van der Waals surface area contributed by atoms with Gasteiger partial charge in [0.1, 0.15) is 5.82 Å². The first-order valence-corrected chi connectivity index (χ1v) is 9.39. The third kappa shape index (κ3) is 5.14. The van der Waals surface area contributed by atoms with E-state index in [4.69, 9.17) is 5.41 Å². The molecule has 1 aromatic heterocycles. The van der Waals surface area contributed by atoms with E-state index in [0.29, 0.717) is 18.0 Å². The van der Waals surface area contributed by atoms with Crippen molar-refractivity contribution in [1.29, 1.82) is 5.41 Å². The number of rotatable bonds is 7. The summed E-state index contributed by atoms with van der Waals surface area (Å²) in [7, 11) is 0. The fourth-order valence-electron chi connectivity index (χ4n) is 3.33. The monoisotopic (exact) mass is 365 g/mol. The molecule has 1 aromatic carbocycles. The molecule has 6 heteroatoms. The van der Waals surface area contributed by atoms with Gasteiger partial charge in [0.05, 0.1) is 17.6 Å². The van der Waals surface area contributed by atoms with Gasteiger partial charge in [0.2, 0.25) is 0 Å². The molecule has 3 rings (SSSR count). The summed E-state index contributed by atoms with van der Waals surface area (Å²) in [4.78, 5) is 22.9. The Morgan fingerprint density at radius 3 is 2.56 bits per heavy atom. The molecule has 142 valence electrons. The molecule has 6 nitrogen and oxygen atoms in total. The van der Waals surface area contributed by atoms with Crippen LogP contribution in [0, 0.1) is 11.3 Å². The molecule has 0 bridgehead atoms. The van der Waals surface area contributed by atoms with Gasteiger partial charge in [0, 0.05) is 38.4 Å². The fraction of sp³-hybridized carbons (Fsp3) is 0.381. The Hall–Kier alpha value is -2.73. The summed E-state index contributed by atoms with van der Waals surface area (Å²) in [5.41, 5.74) is 3.16. The minimum atomic E-state index is -0.0780. The largest absolute Gasteiger partial charge is 0.369 e. The molecule has 1 aliphatic rings. The normalized spacial score (nSPS) is 15.6. The molecular weight excluding hydrogens is 338 g/mol. The molecule has 0 atom stereocenters. The standard InChI is InChI=1S/C21H27N5O/c1-16(2)14-25-9-11-26(12-10-25)19-6-3-17(4-7-19)20-13-23-21(24-20)8-5-18(22)15-27/h3-8,13,15-16,22H,9-12,14H2,1-2H3,(H,23,24)/b8-5-,22-18?. The zero-order chi connectivity index (χ0) is 19.2. The summed E-state index contributed by atoms with van der Waals surface area (Å²) in [6.07, 6.45) is 5.33. The highest BCUT2D eigenvalue weighted by Gasteiger charge is 2.17. The van der Waals surface area contributed by atoms with E-state index >= 15 is 0 Å². The summed E-state index contributed by atoms with van der Waals surface area (Å²) in [6, 6.07) is 8.52. The fourth-order valence-corrected chi connectivity index (χ4v) is 3.33. The molecule has 0 spiro atoms. The van der Waals surface area contributed by atoms with Crippen LogP contribution in [0.5, 0.6) is 0 Å². The van der Waals surface area contributed by atoms with Crippen LogP contribution in [0.25, 0.3) is 17.3 Å². The summed E-state index contributed by atoms with van der Waals surface area (Å²) < 4.78 is 0. The SMILES string of the molecule is CC(C)CN1CCN(c2ccc(-c3cnc(/C=C\C(=N)C=O)[nH]3)cc2)CC1. The lowest BCUT2D eigenvalue weighted by Gasteiger charge is -2.36. The second-order valence-electron chi connectivity index (χ2n) is 7.32. The van der Waals surface area contributed by atoms with Gasteiger partial charge < -0.3 is 9.88 Å². The van der Waals surface area contributed by atoms with Crippen LogP contribution in [0.3, 0.4) is 0 Å². The lowest BCUT2D eigenvalue weighted by Crippen LogP contribution is -2.47. The first-order valence-electron chi connectivity index (χ1n) is 9.39. The van der Waals surface area contributed by atoms with Gasteiger partial charge in [-0.3, -0.25) is 15.1 Å². The molecule has 0 amide bonds. The second kappa shape index (κ2) is 8.77. The molecule has 1 saturated heterocycles. The highest BCUT2D eigenvalue weighted by Crippen LogP contribution is 2.23. The number of imidazole rings is 1. The topological polar surface area (TPSA) is 76.1 Å². The van der Waals surface area contributed by atoms with Crippen molar-refractivity contribution < 1.29 is 4.79 Å². The van der Waals surface area contributed by atoms with E-state index in [-0.39, 0.29) is 5.71 Å². The molecular formula is C21H27N5O. The van der Waals surface area contributed by atoms with E-state index in [1.165, 1.54) is 18.3 Å². The quantitative estimate of drug-likeness (QED) is 0.584. The lowest BCUT2D eigenvalue weighted by molar-refractivity contribution is -0.102. The van der Waals surface area contributed by atoms with E-state index in [9.17, 15) is 4.79 Å². The Kier molecular flexibility index (Phi) is 6.19. The predicted octanol–water partition coefficient (Wildman–Crippen LogP) is 3.09. The van der Waals surface area contributed by atoms with E-state index in [2.05, 4.69) is 57.9 Å². The first kappa shape index (κ1) is 19.0. The number of nitrogens with one attached hydrogen (secondary N) is 2. The maximum absolute atomic E-state index is 10.5. The maximum Gasteiger partial charge on any atom is 0.167 e. The summed E-state index contributed by atoms with van der Waals surface area (Å²) in [6.45, 7) is 10.1. The summed E-state index contributed by atoms with van der Waals surface area (Å²) in [5, 5.41) is 7.32. The van der Waals surface area contributed by atoms with Crippen LogP contribution in [0.15, 0.2) is 36.5 Å². The Balaban J connectivity index is 1.61. The van der Waals surface area contributed by atoms with E-state index in [0.717, 1.165) is 37.4 Å². The number of carbonyl (C=O) groups excluding carboxylic acids is 1. The molecule has 2 N–H and O–H groups in total. The van der Waals surface area contributed by atoms with Crippen molar-refractivity contribution in [2.24, 2.45) is 5.92 Å². The minimum Gasteiger partial charge on any atom is -0.369 e. The minimum absolute atomic E-state index is 0.0780. The van der Waals surface area contributed by atoms with Crippen LogP contribution < -0.4 is 4.90 Å². The van der Waals surface area contributed by atoms with Crippen molar-refractivity contribution in [2.45, 2.75) is 13.8 Å². The number of aromatic amines is 1. The van der Waals surface area contributed by atoms with Crippen LogP contribution in [-0.2, 0) is 4.79 Å². The van der Waals surface area contributed by atoms with Crippen molar-refractivity contribution in [1.82, 2.24) is 14.9 Å². The number of piperazine rings is 1. The number of anilines is 1. The number of nitrogens with zero attached hydrogens (tertiary/aromatic N) is 3. The Morgan fingerprint density at radius 1 is 1.22 bits per heavy atom. The molecule has 2 aromatic rings. The smallest absolute Gasteiger partial charge is 0.167 e. The van der Waals surface area contributed by atoms with Crippen molar-refractivity contribution in [3.63, 3.8) is 0 Å². The van der Waals surface area contributed by atoms with E-state index in [1.807, 2.05) is 0 Å². The van der Waals surface area contributed by atoms with Crippen molar-refractivity contribution >= 4 is 23.8 Å². The van der Waals surface area contributed by atoms with Gasteiger partial charge in [0.15, 0.2) is 6.29 Å². The molecule has 2 heterocycles. The number of benzene rings is 1. The van der Waals surface area contributed by atoms with Gasteiger partial charge in [-0.05, 0) is 35.8 Å². The number of aromatic nitrogens is 2. The predicted molar refractivity (Wildman–Crippen MR) is 110 cm³/mol. The molecule has 0 radical (unpaired) electrons. The van der Waals surface area contributed by atoms with Crippen LogP contribution in [-0.4, -0.2) is 59.6 Å². The number of carbonyl (C=O) groups is 1. The Morgan fingerprint density at radius 2 is 1.93 bits per heavy atom. The van der Waals surface area contributed by atoms with Gasteiger partial charge in [-0.1, -0.05) is 26.0 Å². The van der Waals surface area contributed by atoms with Crippen LogP contribution >= 0.6 is 0 Å². The number of allylic oxidation sites excluding steroid dienone is 1. The zero-order valence-electron chi connectivity index (χ0n) is 16.0. The molecule has 27 heavy (non-hydrogen) atoms. The molecule has 1 fully saturated rings. The van der Waals surface area contributed by atoms with Crippen molar-refractivity contribution in [2.75, 3.05) is 37.6 Å². The number of H-pyrrole nitrogens is 1. The number of hydrogen-bond acceptors (Lipinski definition) is 5. The van der Waals surface area contributed by atoms with Gasteiger partial charge in [-0.15, -0.1) is 0 Å². The second-order valence-corrected chi connectivity index (χ2v) is 7.32. The van der Waals surface area contributed by atoms with Crippen LogP contribution in [0.4, 0.5) is 5.69 Å². The van der Waals surface area contributed by atoms with Gasteiger partial charge >= 0.3 is 0 Å². The lowest BCUT2D eigenvalue weighted by atomic mass is 10.1. The van der Waals surface area contributed by atoms with Gasteiger partial charge in [0.25, 0.3) is 0 Å². The highest BCUT2D eigenvalue weighted by molar-refractivity contribution is 6.33. The number of aldehydes is 1. The van der Waals surface area contributed by atoms with Crippen LogP contribution in [0.2, 0.25) is 0 Å². The molecule has 1 aliphatic heterocycles. The average Bonchev–Trinajstić information content (AvgIpc) is 3.15. The molecule has 0 aliphatic carbocycles. The Labute approximate surface area is 160 Å². The van der Waals surface area contributed by atoms with E-state index in [1.54, 1.807) is 12.3 Å². The first-order chi connectivity index (χ1) is 13.0. The summed E-state index contributed by atoms with van der Waals surface area (Å²) >= 11 is 0. The third-order valence-corrected chi connectivity index (χ3v) is 4.68. The average molecular weight is 365 g/mol. The highest BCUT2D eigenvalue weighted by atomic mass is 16.1. The van der Waals surface area contributed by atoms with Gasteiger partial charge in [-0.2, -0.15) is 0 Å². The molecule has 0 saturated carbocycles. The zero-order valence-corrected chi connectivity index (χ0v) is 16.0. The molecule has 0 unspecified atom stereocenters.